The molecule has 0 radical (unpaired) electrons. The molecule has 0 bridgehead atoms. The van der Waals surface area contributed by atoms with Crippen LogP contribution in [0, 0.1) is 28.8 Å². The number of fused-ring (bicyclic) bond motifs is 3. The maximum atomic E-state index is 15.3. The molecule has 3 aliphatic heterocycles. The molecule has 34 heteroatoms. The van der Waals surface area contributed by atoms with E-state index in [1.807, 2.05) is 32.9 Å². The summed E-state index contributed by atoms with van der Waals surface area (Å²) in [7, 11) is 3.82. The van der Waals surface area contributed by atoms with Gasteiger partial charge in [0.05, 0.1) is 25.3 Å². The number of hydrogen-bond donors (Lipinski definition) is 11. The van der Waals surface area contributed by atoms with Gasteiger partial charge in [-0.1, -0.05) is 115 Å². The number of thioether (sulfide) groups is 1. The molecule has 4 aromatic carbocycles. The zero-order chi connectivity index (χ0) is 85.7. The highest BCUT2D eigenvalue weighted by molar-refractivity contribution is 8.00. The van der Waals surface area contributed by atoms with E-state index in [0.29, 0.717) is 65.4 Å². The quantitative estimate of drug-likeness (QED) is 0.0658. The standard InChI is InChI=1S/C83H109F3N14O16S/c1-11-12-25-65-81(115)100-33-20-27-64(100)79(113)94-61(41-70(105)106)76(110)95-72(83(5,6)7)82(116)98(10)66(39-49-21-14-13-15-22-49)77(111)88-43-68(103)99-32-19-18-26-63(99)78(112)93-60(40-52-42-87-57-24-17-16-23-54(52)57)75(109)92-59(37-50-28-30-53(101)31-29-50)74(108)91-58(34-47(2)3)73(107)89-48(4)45-117-46-67(102)90-62(80(114)96(8)44-69(104)97(65)9)38-51-35-55(84)71(86)56(85)36-51/h13-17,21-24,28-31,35-36,42,47-48,58-66,72,87,101H,11-12,18-20,25-27,32-34,37-41,43-46H2,1-10H3,(H,88,111)(H,89,107)(H,90,102)(H,91,108)(H,92,109)(H,93,112)(H,94,113)(H,95,110)(H,105,106)/t48-,58+,59+,60+,61+,62+,63-,64-,65+,66+,72-/m1/s1. The van der Waals surface area contributed by atoms with Gasteiger partial charge >= 0.3 is 5.97 Å². The number of halogens is 3. The van der Waals surface area contributed by atoms with E-state index in [0.717, 1.165) is 26.5 Å². The van der Waals surface area contributed by atoms with Gasteiger partial charge in [0, 0.05) is 88.8 Å². The number of carbonyl (C=O) groups is 14. The minimum absolute atomic E-state index is 0.0225. The van der Waals surface area contributed by atoms with Crippen LogP contribution in [0.1, 0.15) is 135 Å². The summed E-state index contributed by atoms with van der Waals surface area (Å²) < 4.78 is 43.9. The van der Waals surface area contributed by atoms with Gasteiger partial charge in [0.1, 0.15) is 66.2 Å². The molecule has 3 fully saturated rings. The number of aliphatic carboxylic acids is 1. The van der Waals surface area contributed by atoms with Crippen molar-refractivity contribution in [2.24, 2.45) is 11.3 Å². The molecule has 0 aliphatic carbocycles. The number of carboxylic acids is 1. The highest BCUT2D eigenvalue weighted by Crippen LogP contribution is 2.28. The van der Waals surface area contributed by atoms with Crippen molar-refractivity contribution < 1.29 is 90.5 Å². The fourth-order valence-electron chi connectivity index (χ4n) is 14.7. The molecule has 117 heavy (non-hydrogen) atoms. The number of para-hydroxylation sites is 1. The van der Waals surface area contributed by atoms with E-state index < -0.39 is 198 Å². The minimum Gasteiger partial charge on any atom is -0.508 e. The summed E-state index contributed by atoms with van der Waals surface area (Å²) in [4.78, 5) is 213. The SMILES string of the molecule is CCCC[C@H]1C(=O)N2CCC[C@@H]2C(=O)N[C@@H](CC(=O)O)C(=O)N[C@@H](C(C)(C)C)C(=O)N(C)[C@@H](Cc2ccccc2)C(=O)NCC(=O)N2CCCC[C@@H]2C(=O)N[C@@H](Cc2c[nH]c3ccccc23)C(=O)N[C@@H](Cc2ccc(O)cc2)C(=O)N[C@@H](CC(C)C)C(=O)N[C@H](C)CSCC(=O)N[C@@H](Cc2cc(F)c(F)c(F)c2)C(=O)N(C)CC(=O)N1C. The van der Waals surface area contributed by atoms with Crippen LogP contribution in [-0.2, 0) is 92.8 Å². The van der Waals surface area contributed by atoms with Gasteiger partial charge in [-0.05, 0) is 116 Å². The number of carboxylic acid groups (broad SMARTS) is 1. The molecule has 0 saturated carbocycles. The largest absolute Gasteiger partial charge is 0.508 e. The van der Waals surface area contributed by atoms with Gasteiger partial charge in [-0.15, -0.1) is 11.8 Å². The van der Waals surface area contributed by atoms with Crippen molar-refractivity contribution >= 4 is 105 Å². The molecular formula is C83H109F3N14O16S. The lowest BCUT2D eigenvalue weighted by molar-refractivity contribution is -0.150. The van der Waals surface area contributed by atoms with Crippen LogP contribution in [0.5, 0.6) is 5.75 Å². The first kappa shape index (κ1) is 91.5. The molecule has 0 unspecified atom stereocenters. The summed E-state index contributed by atoms with van der Waals surface area (Å²) in [6.45, 7) is 10.4. The molecule has 13 amide bonds. The fraction of sp³-hybridized carbons (Fsp3) is 0.518. The van der Waals surface area contributed by atoms with Crippen LogP contribution >= 0.6 is 11.8 Å². The Labute approximate surface area is 682 Å². The van der Waals surface area contributed by atoms with Crippen LogP contribution in [0.4, 0.5) is 13.2 Å². The van der Waals surface area contributed by atoms with E-state index in [4.69, 9.17) is 0 Å². The van der Waals surface area contributed by atoms with Crippen molar-refractivity contribution in [2.45, 2.75) is 205 Å². The minimum atomic E-state index is -1.88. The molecule has 634 valence electrons. The van der Waals surface area contributed by atoms with Crippen molar-refractivity contribution in [3.63, 3.8) is 0 Å². The number of hydrogen-bond acceptors (Lipinski definition) is 16. The van der Waals surface area contributed by atoms with Crippen LogP contribution in [0.3, 0.4) is 0 Å². The number of phenols is 1. The zero-order valence-electron chi connectivity index (χ0n) is 67.7. The van der Waals surface area contributed by atoms with Crippen LogP contribution in [0.2, 0.25) is 0 Å². The van der Waals surface area contributed by atoms with E-state index in [2.05, 4.69) is 47.5 Å². The molecule has 30 nitrogen and oxygen atoms in total. The molecule has 11 N–H and O–H groups in total. The Kier molecular flexibility index (Phi) is 33.0. The number of nitrogens with one attached hydrogen (secondary N) is 9. The van der Waals surface area contributed by atoms with Gasteiger partial charge in [-0.3, -0.25) is 67.1 Å². The second-order valence-electron chi connectivity index (χ2n) is 31.9. The number of H-pyrrole nitrogens is 1. The third kappa shape index (κ3) is 25.5. The van der Waals surface area contributed by atoms with Crippen LogP contribution < -0.4 is 42.5 Å². The smallest absolute Gasteiger partial charge is 0.305 e. The first-order chi connectivity index (χ1) is 55.4. The molecule has 11 atom stereocenters. The molecule has 1 aromatic heterocycles. The maximum Gasteiger partial charge on any atom is 0.305 e. The predicted molar refractivity (Wildman–Crippen MR) is 429 cm³/mol. The normalized spacial score (nSPS) is 24.3. The average Bonchev–Trinajstić information content (AvgIpc) is 1.28. The Balaban J connectivity index is 1.14. The Morgan fingerprint density at radius 1 is 0.581 bits per heavy atom. The van der Waals surface area contributed by atoms with E-state index in [1.165, 1.54) is 55.2 Å². The highest BCUT2D eigenvalue weighted by Gasteiger charge is 2.45. The zero-order valence-corrected chi connectivity index (χ0v) is 68.5. The lowest BCUT2D eigenvalue weighted by Gasteiger charge is -2.37. The summed E-state index contributed by atoms with van der Waals surface area (Å²) in [6, 6.07) is 7.69. The molecule has 8 rings (SSSR count). The van der Waals surface area contributed by atoms with Crippen molar-refractivity contribution in [3.05, 3.63) is 137 Å². The Morgan fingerprint density at radius 3 is 1.80 bits per heavy atom. The molecule has 3 aliphatic rings. The number of aromatic amines is 1. The van der Waals surface area contributed by atoms with Crippen molar-refractivity contribution in [3.8, 4) is 5.75 Å². The average molecular weight is 1650 g/mol. The van der Waals surface area contributed by atoms with Gasteiger partial charge in [-0.2, -0.15) is 0 Å². The van der Waals surface area contributed by atoms with E-state index >= 15 is 14.4 Å². The Bertz CT molecular complexity index is 4390. The molecule has 4 heterocycles. The Morgan fingerprint density at radius 2 is 1.15 bits per heavy atom. The van der Waals surface area contributed by atoms with E-state index in [-0.39, 0.29) is 93.2 Å². The number of aromatic hydroxyl groups is 1. The summed E-state index contributed by atoms with van der Waals surface area (Å²) in [5.41, 5.74) is 0.857. The maximum absolute atomic E-state index is 15.3. The lowest BCUT2D eigenvalue weighted by atomic mass is 9.85. The number of unbranched alkanes of at least 4 members (excludes halogenated alkanes) is 1. The van der Waals surface area contributed by atoms with Gasteiger partial charge in [-0.25, -0.2) is 13.2 Å². The number of amides is 13. The van der Waals surface area contributed by atoms with E-state index in [1.54, 1.807) is 76.4 Å². The van der Waals surface area contributed by atoms with Crippen LogP contribution in [-0.4, -0.2) is 248 Å². The monoisotopic (exact) mass is 1650 g/mol. The number of benzene rings is 4. The van der Waals surface area contributed by atoms with Gasteiger partial charge in [0.2, 0.25) is 76.8 Å². The number of rotatable bonds is 15. The summed E-state index contributed by atoms with van der Waals surface area (Å²) in [5.74, 6) is -18.0. The fourth-order valence-corrected chi connectivity index (χ4v) is 15.5. The van der Waals surface area contributed by atoms with Gasteiger partial charge in [0.25, 0.3) is 0 Å². The van der Waals surface area contributed by atoms with Crippen LogP contribution in [0.15, 0.2) is 97.2 Å². The first-order valence-electron chi connectivity index (χ1n) is 39.5. The third-order valence-electron chi connectivity index (χ3n) is 21.1. The predicted octanol–water partition coefficient (Wildman–Crippen LogP) is 4.08. The second-order valence-corrected chi connectivity index (χ2v) is 32.9. The molecular weight excluding hydrogens is 1540 g/mol. The summed E-state index contributed by atoms with van der Waals surface area (Å²) >= 11 is 0.997. The first-order valence-corrected chi connectivity index (χ1v) is 40.6. The molecule has 5 aromatic rings. The summed E-state index contributed by atoms with van der Waals surface area (Å²) in [5, 5.41) is 43.0. The molecule has 0 spiro atoms. The second kappa shape index (κ2) is 42.2. The number of nitrogens with zero attached hydrogens (tertiary/aromatic N) is 5. The number of carbonyl (C=O) groups excluding carboxylic acids is 13. The van der Waals surface area contributed by atoms with E-state index in [9.17, 15) is 76.1 Å². The number of aromatic nitrogens is 1. The van der Waals surface area contributed by atoms with Crippen molar-refractivity contribution in [1.82, 2.24) is 72.0 Å². The van der Waals surface area contributed by atoms with Gasteiger partial charge in [0.15, 0.2) is 17.5 Å². The van der Waals surface area contributed by atoms with Crippen molar-refractivity contribution in [2.75, 3.05) is 58.8 Å². The topological polar surface area (TPSA) is 408 Å². The lowest BCUT2D eigenvalue weighted by Crippen LogP contribution is -2.62. The van der Waals surface area contributed by atoms with Crippen LogP contribution in [0.25, 0.3) is 10.9 Å². The number of likely N-dealkylation sites (N-methyl/N-ethyl adjacent to an activating group) is 3. The number of piperidine rings is 1. The van der Waals surface area contributed by atoms with Crippen molar-refractivity contribution in [1.29, 1.82) is 0 Å². The highest BCUT2D eigenvalue weighted by atomic mass is 32.2. The third-order valence-corrected chi connectivity index (χ3v) is 22.3. The number of phenolic OH excluding ortho intramolecular Hbond substituents is 1. The Hall–Kier alpha value is -11.1. The summed E-state index contributed by atoms with van der Waals surface area (Å²) in [6.07, 6.45) is 1.82. The molecule has 3 saturated heterocycles. The van der Waals surface area contributed by atoms with Gasteiger partial charge < -0.3 is 82.2 Å².